The Balaban J connectivity index is 1.44. The van der Waals surface area contributed by atoms with Crippen molar-refractivity contribution in [3.8, 4) is 9.88 Å². The summed E-state index contributed by atoms with van der Waals surface area (Å²) < 4.78 is 15.9. The number of aromatic nitrogens is 3. The van der Waals surface area contributed by atoms with Gasteiger partial charge in [-0.2, -0.15) is 4.98 Å². The number of hydrogen-bond donors (Lipinski definition) is 1. The van der Waals surface area contributed by atoms with Gasteiger partial charge in [0, 0.05) is 5.38 Å². The number of nitrogens with two attached hydrogens (primary N) is 1. The number of thiazole rings is 1. The third-order valence-corrected chi connectivity index (χ3v) is 6.18. The number of nitrogens with zero attached hydrogens (tertiary/aromatic N) is 3. The van der Waals surface area contributed by atoms with Crippen LogP contribution < -0.4 is 5.73 Å². The van der Waals surface area contributed by atoms with E-state index in [2.05, 4.69) is 15.0 Å². The maximum absolute atomic E-state index is 12.2. The Morgan fingerprint density at radius 3 is 2.77 bits per heavy atom. The van der Waals surface area contributed by atoms with Gasteiger partial charge >= 0.3 is 11.9 Å². The third kappa shape index (κ3) is 4.42. The molecule has 0 aliphatic rings. The average Bonchev–Trinajstić information content (AvgIpc) is 3.45. The van der Waals surface area contributed by atoms with Crippen LogP contribution >= 0.6 is 22.7 Å². The van der Waals surface area contributed by atoms with Crippen LogP contribution in [0.1, 0.15) is 34.6 Å². The van der Waals surface area contributed by atoms with Gasteiger partial charge in [-0.05, 0) is 25.3 Å². The predicted molar refractivity (Wildman–Crippen MR) is 116 cm³/mol. The van der Waals surface area contributed by atoms with Gasteiger partial charge in [-0.25, -0.2) is 14.8 Å². The summed E-state index contributed by atoms with van der Waals surface area (Å²) in [6, 6.07) is 3.93. The highest BCUT2D eigenvalue weighted by atomic mass is 32.1. The maximum Gasteiger partial charge on any atom is 0.342 e. The van der Waals surface area contributed by atoms with Crippen LogP contribution in [-0.4, -0.2) is 33.5 Å². The lowest BCUT2D eigenvalue weighted by Crippen LogP contribution is -2.11. The van der Waals surface area contributed by atoms with E-state index in [-0.39, 0.29) is 47.9 Å². The van der Waals surface area contributed by atoms with Crippen LogP contribution in [0.5, 0.6) is 0 Å². The van der Waals surface area contributed by atoms with Gasteiger partial charge in [-0.3, -0.25) is 4.79 Å². The molecule has 9 nitrogen and oxygen atoms in total. The van der Waals surface area contributed by atoms with Gasteiger partial charge in [0.1, 0.15) is 22.1 Å². The zero-order valence-corrected chi connectivity index (χ0v) is 18.3. The number of carbonyl (C=O) groups is 2. The molecule has 4 rings (SSSR count). The van der Waals surface area contributed by atoms with Crippen molar-refractivity contribution >= 4 is 51.5 Å². The van der Waals surface area contributed by atoms with Crippen molar-refractivity contribution in [1.29, 1.82) is 0 Å². The van der Waals surface area contributed by atoms with Crippen molar-refractivity contribution in [2.24, 2.45) is 0 Å². The fraction of sp³-hybridized carbons (Fsp3) is 0.250. The maximum atomic E-state index is 12.2. The van der Waals surface area contributed by atoms with E-state index in [9.17, 15) is 9.59 Å². The van der Waals surface area contributed by atoms with Crippen LogP contribution in [0.25, 0.3) is 21.0 Å². The van der Waals surface area contributed by atoms with E-state index in [0.29, 0.717) is 11.5 Å². The SMILES string of the molecule is CCOC(=O)c1c(C)oc2nc(COC(=O)Cc3csc(-c4cccs4)n3)nc(N)c12. The number of nitrogen functional groups attached to an aromatic ring is 1. The fourth-order valence-electron chi connectivity index (χ4n) is 2.94. The van der Waals surface area contributed by atoms with Crippen LogP contribution in [-0.2, 0) is 27.3 Å². The van der Waals surface area contributed by atoms with Gasteiger partial charge in [-0.1, -0.05) is 6.07 Å². The van der Waals surface area contributed by atoms with Crippen molar-refractivity contribution in [1.82, 2.24) is 15.0 Å². The van der Waals surface area contributed by atoms with Gasteiger partial charge in [-0.15, -0.1) is 22.7 Å². The van der Waals surface area contributed by atoms with Crippen LogP contribution in [0.15, 0.2) is 27.3 Å². The number of anilines is 1. The van der Waals surface area contributed by atoms with E-state index in [1.54, 1.807) is 25.2 Å². The molecular formula is C20H18N4O5S2. The molecule has 0 amide bonds. The quantitative estimate of drug-likeness (QED) is 0.411. The van der Waals surface area contributed by atoms with E-state index in [1.807, 2.05) is 22.9 Å². The summed E-state index contributed by atoms with van der Waals surface area (Å²) in [6.45, 7) is 3.35. The first-order valence-corrected chi connectivity index (χ1v) is 11.1. The second kappa shape index (κ2) is 8.82. The first kappa shape index (κ1) is 20.9. The molecular weight excluding hydrogens is 440 g/mol. The second-order valence-electron chi connectivity index (χ2n) is 6.42. The zero-order valence-electron chi connectivity index (χ0n) is 16.7. The third-order valence-electron chi connectivity index (χ3n) is 4.25. The average molecular weight is 459 g/mol. The topological polar surface area (TPSA) is 130 Å². The van der Waals surface area contributed by atoms with E-state index >= 15 is 0 Å². The molecule has 0 saturated heterocycles. The highest BCUT2D eigenvalue weighted by Gasteiger charge is 2.24. The monoisotopic (exact) mass is 458 g/mol. The minimum atomic E-state index is -0.557. The van der Waals surface area contributed by atoms with E-state index < -0.39 is 11.9 Å². The molecule has 31 heavy (non-hydrogen) atoms. The van der Waals surface area contributed by atoms with Crippen molar-refractivity contribution in [2.45, 2.75) is 26.9 Å². The predicted octanol–water partition coefficient (Wildman–Crippen LogP) is 3.76. The Kier molecular flexibility index (Phi) is 5.96. The van der Waals surface area contributed by atoms with Gasteiger partial charge in [0.25, 0.3) is 0 Å². The lowest BCUT2D eigenvalue weighted by molar-refractivity contribution is -0.144. The molecule has 0 atom stereocenters. The highest BCUT2D eigenvalue weighted by Crippen LogP contribution is 2.29. The van der Waals surface area contributed by atoms with Gasteiger partial charge < -0.3 is 19.6 Å². The van der Waals surface area contributed by atoms with Crippen LogP contribution in [0, 0.1) is 6.92 Å². The molecule has 0 spiro atoms. The van der Waals surface area contributed by atoms with Gasteiger partial charge in [0.05, 0.1) is 29.0 Å². The van der Waals surface area contributed by atoms with Crippen LogP contribution in [0.3, 0.4) is 0 Å². The molecule has 0 aromatic carbocycles. The normalized spacial score (nSPS) is 11.0. The fourth-order valence-corrected chi connectivity index (χ4v) is 4.58. The Bertz CT molecular complexity index is 1250. The lowest BCUT2D eigenvalue weighted by Gasteiger charge is -2.05. The Morgan fingerprint density at radius 2 is 2.03 bits per heavy atom. The summed E-state index contributed by atoms with van der Waals surface area (Å²) in [4.78, 5) is 38.3. The number of esters is 2. The number of fused-ring (bicyclic) bond motifs is 1. The molecule has 4 aromatic rings. The number of aryl methyl sites for hydroxylation is 1. The Hall–Kier alpha value is -3.31. The number of ether oxygens (including phenoxy) is 2. The molecule has 160 valence electrons. The number of rotatable bonds is 7. The van der Waals surface area contributed by atoms with Gasteiger partial charge in [0.2, 0.25) is 5.71 Å². The van der Waals surface area contributed by atoms with E-state index in [1.165, 1.54) is 11.3 Å². The molecule has 0 unspecified atom stereocenters. The highest BCUT2D eigenvalue weighted by molar-refractivity contribution is 7.20. The molecule has 0 fully saturated rings. The molecule has 0 aliphatic carbocycles. The molecule has 11 heteroatoms. The number of thiophene rings is 1. The van der Waals surface area contributed by atoms with Crippen LogP contribution in [0.2, 0.25) is 0 Å². The number of carbonyl (C=O) groups excluding carboxylic acids is 2. The Labute approximate surface area is 184 Å². The van der Waals surface area contributed by atoms with Crippen molar-refractivity contribution < 1.29 is 23.5 Å². The second-order valence-corrected chi connectivity index (χ2v) is 8.22. The molecule has 0 aliphatic heterocycles. The van der Waals surface area contributed by atoms with Crippen molar-refractivity contribution in [3.05, 3.63) is 45.7 Å². The number of hydrogen-bond acceptors (Lipinski definition) is 11. The largest absolute Gasteiger partial charge is 0.462 e. The molecule has 4 aromatic heterocycles. The summed E-state index contributed by atoms with van der Waals surface area (Å²) in [5, 5.41) is 4.96. The summed E-state index contributed by atoms with van der Waals surface area (Å²) in [5.41, 5.74) is 6.99. The molecule has 2 N–H and O–H groups in total. The minimum Gasteiger partial charge on any atom is -0.462 e. The summed E-state index contributed by atoms with van der Waals surface area (Å²) in [5.74, 6) is -0.476. The standard InChI is InChI=1S/C20H18N4O5S2/c1-3-27-20(26)15-10(2)29-18-16(15)17(21)23-13(24-18)8-28-14(25)7-11-9-31-19(22-11)12-5-4-6-30-12/h4-6,9H,3,7-8H2,1-2H3,(H2,21,23,24). The summed E-state index contributed by atoms with van der Waals surface area (Å²) >= 11 is 3.07. The zero-order chi connectivity index (χ0) is 22.0. The van der Waals surface area contributed by atoms with E-state index in [4.69, 9.17) is 19.6 Å². The van der Waals surface area contributed by atoms with E-state index in [0.717, 1.165) is 9.88 Å². The molecule has 0 saturated carbocycles. The van der Waals surface area contributed by atoms with Crippen molar-refractivity contribution in [2.75, 3.05) is 12.3 Å². The first-order chi connectivity index (χ1) is 15.0. The first-order valence-electron chi connectivity index (χ1n) is 9.32. The molecule has 0 radical (unpaired) electrons. The Morgan fingerprint density at radius 1 is 1.19 bits per heavy atom. The smallest absolute Gasteiger partial charge is 0.342 e. The van der Waals surface area contributed by atoms with Crippen molar-refractivity contribution in [3.63, 3.8) is 0 Å². The summed E-state index contributed by atoms with van der Waals surface area (Å²) in [7, 11) is 0. The minimum absolute atomic E-state index is 0.0342. The molecule has 0 bridgehead atoms. The van der Waals surface area contributed by atoms with Crippen LogP contribution in [0.4, 0.5) is 5.82 Å². The summed E-state index contributed by atoms with van der Waals surface area (Å²) in [6.07, 6.45) is 0.0342. The lowest BCUT2D eigenvalue weighted by atomic mass is 10.2. The van der Waals surface area contributed by atoms with Gasteiger partial charge in [0.15, 0.2) is 12.4 Å². The number of furan rings is 1. The molecule has 4 heterocycles.